The lowest BCUT2D eigenvalue weighted by Gasteiger charge is -2.16. The van der Waals surface area contributed by atoms with E-state index in [9.17, 15) is 8.42 Å². The van der Waals surface area contributed by atoms with Crippen LogP contribution in [0, 0.1) is 6.92 Å². The second-order valence-corrected chi connectivity index (χ2v) is 8.76. The van der Waals surface area contributed by atoms with Crippen LogP contribution in [-0.4, -0.2) is 38.1 Å². The summed E-state index contributed by atoms with van der Waals surface area (Å²) < 4.78 is 33.4. The summed E-state index contributed by atoms with van der Waals surface area (Å²) in [4.78, 5) is 11.4. The van der Waals surface area contributed by atoms with Crippen molar-refractivity contribution in [1.29, 1.82) is 0 Å². The van der Waals surface area contributed by atoms with Gasteiger partial charge in [0.25, 0.3) is 0 Å². The van der Waals surface area contributed by atoms with E-state index in [0.29, 0.717) is 24.0 Å². The highest BCUT2D eigenvalue weighted by atomic mass is 32.2. The monoisotopic (exact) mass is 404 g/mol. The van der Waals surface area contributed by atoms with Crippen LogP contribution >= 0.6 is 0 Å². The Morgan fingerprint density at radius 2 is 1.86 bits per heavy atom. The molecule has 1 aromatic heterocycles. The Bertz CT molecular complexity index is 879. The van der Waals surface area contributed by atoms with Crippen molar-refractivity contribution in [2.75, 3.05) is 24.6 Å². The van der Waals surface area contributed by atoms with Gasteiger partial charge < -0.3 is 9.64 Å². The molecule has 1 aliphatic rings. The van der Waals surface area contributed by atoms with Crippen LogP contribution in [0.25, 0.3) is 0 Å². The van der Waals surface area contributed by atoms with Crippen LogP contribution in [0.3, 0.4) is 0 Å². The van der Waals surface area contributed by atoms with Gasteiger partial charge in [0.1, 0.15) is 5.75 Å². The highest BCUT2D eigenvalue weighted by molar-refractivity contribution is 7.89. The number of hydrogen-bond donors (Lipinski definition) is 1. The van der Waals surface area contributed by atoms with Crippen LogP contribution in [-0.2, 0) is 16.6 Å². The number of benzene rings is 1. The lowest BCUT2D eigenvalue weighted by molar-refractivity contribution is 0.309. The first-order valence-corrected chi connectivity index (χ1v) is 11.3. The molecule has 0 amide bonds. The van der Waals surface area contributed by atoms with Crippen LogP contribution in [0.2, 0.25) is 0 Å². The highest BCUT2D eigenvalue weighted by Gasteiger charge is 2.18. The third kappa shape index (κ3) is 5.42. The Morgan fingerprint density at radius 1 is 1.14 bits per heavy atom. The van der Waals surface area contributed by atoms with Crippen molar-refractivity contribution in [2.24, 2.45) is 0 Å². The number of unbranched alkanes of at least 4 members (excludes halogenated alkanes) is 1. The average Bonchev–Trinajstić information content (AvgIpc) is 3.22. The van der Waals surface area contributed by atoms with Crippen LogP contribution < -0.4 is 14.4 Å². The molecule has 0 bridgehead atoms. The molecule has 8 heteroatoms. The fourth-order valence-electron chi connectivity index (χ4n) is 3.07. The number of rotatable bonds is 9. The summed E-state index contributed by atoms with van der Waals surface area (Å²) in [6.07, 6.45) is 4.30. The zero-order valence-electron chi connectivity index (χ0n) is 16.5. The quantitative estimate of drug-likeness (QED) is 0.647. The molecule has 28 heavy (non-hydrogen) atoms. The van der Waals surface area contributed by atoms with Crippen LogP contribution in [0.1, 0.15) is 44.0 Å². The van der Waals surface area contributed by atoms with Gasteiger partial charge >= 0.3 is 0 Å². The second-order valence-electron chi connectivity index (χ2n) is 6.99. The Labute approximate surface area is 167 Å². The molecule has 2 aromatic rings. The number of ether oxygens (including phenoxy) is 1. The van der Waals surface area contributed by atoms with Gasteiger partial charge in [0.2, 0.25) is 16.0 Å². The molecule has 0 unspecified atom stereocenters. The maximum Gasteiger partial charge on any atom is 0.240 e. The maximum atomic E-state index is 12.6. The molecular formula is C20H28N4O3S. The number of hydrogen-bond acceptors (Lipinski definition) is 6. The molecule has 2 heterocycles. The van der Waals surface area contributed by atoms with E-state index in [1.807, 2.05) is 13.0 Å². The number of aryl methyl sites for hydroxylation is 1. The summed E-state index contributed by atoms with van der Waals surface area (Å²) in [7, 11) is -3.62. The standard InChI is InChI=1S/C20H28N4O3S/c1-3-4-13-27-18-7-9-19(10-8-18)28(25,26)21-15-17-14-16(2)22-20(23-17)24-11-5-6-12-24/h7-10,14,21H,3-6,11-13,15H2,1-2H3. The number of anilines is 1. The molecule has 0 radical (unpaired) electrons. The Hall–Kier alpha value is -2.19. The molecule has 3 rings (SSSR count). The van der Waals surface area contributed by atoms with Crippen molar-refractivity contribution in [3.05, 3.63) is 41.7 Å². The van der Waals surface area contributed by atoms with Gasteiger partial charge in [0.05, 0.1) is 23.7 Å². The summed E-state index contributed by atoms with van der Waals surface area (Å²) in [6.45, 7) is 6.64. The van der Waals surface area contributed by atoms with Gasteiger partial charge in [-0.3, -0.25) is 0 Å². The van der Waals surface area contributed by atoms with E-state index in [0.717, 1.165) is 44.5 Å². The number of nitrogens with one attached hydrogen (secondary N) is 1. The molecule has 1 fully saturated rings. The minimum absolute atomic E-state index is 0.126. The van der Waals surface area contributed by atoms with Crippen molar-refractivity contribution in [2.45, 2.75) is 51.0 Å². The SMILES string of the molecule is CCCCOc1ccc(S(=O)(=O)NCc2cc(C)nc(N3CCCC3)n2)cc1. The number of aromatic nitrogens is 2. The van der Waals surface area contributed by atoms with Crippen molar-refractivity contribution >= 4 is 16.0 Å². The highest BCUT2D eigenvalue weighted by Crippen LogP contribution is 2.18. The summed E-state index contributed by atoms with van der Waals surface area (Å²) in [5.41, 5.74) is 1.50. The van der Waals surface area contributed by atoms with Gasteiger partial charge in [-0.05, 0) is 56.5 Å². The van der Waals surface area contributed by atoms with Crippen LogP contribution in [0.5, 0.6) is 5.75 Å². The fourth-order valence-corrected chi connectivity index (χ4v) is 4.07. The van der Waals surface area contributed by atoms with Gasteiger partial charge in [0.15, 0.2) is 0 Å². The number of nitrogens with zero attached hydrogens (tertiary/aromatic N) is 3. The molecule has 1 N–H and O–H groups in total. The lowest BCUT2D eigenvalue weighted by Crippen LogP contribution is -2.25. The minimum Gasteiger partial charge on any atom is -0.494 e. The van der Waals surface area contributed by atoms with Crippen molar-refractivity contribution in [3.63, 3.8) is 0 Å². The minimum atomic E-state index is -3.62. The summed E-state index contributed by atoms with van der Waals surface area (Å²) in [6, 6.07) is 8.30. The molecule has 1 saturated heterocycles. The van der Waals surface area contributed by atoms with E-state index in [1.165, 1.54) is 0 Å². The zero-order valence-corrected chi connectivity index (χ0v) is 17.3. The predicted octanol–water partition coefficient (Wildman–Crippen LogP) is 3.04. The molecule has 1 aliphatic heterocycles. The Morgan fingerprint density at radius 3 is 2.54 bits per heavy atom. The first kappa shape index (κ1) is 20.5. The van der Waals surface area contributed by atoms with Gasteiger partial charge in [-0.1, -0.05) is 13.3 Å². The normalized spacial score (nSPS) is 14.4. The molecule has 0 saturated carbocycles. The Kier molecular flexibility index (Phi) is 6.85. The van der Waals surface area contributed by atoms with Crippen LogP contribution in [0.15, 0.2) is 35.2 Å². The van der Waals surface area contributed by atoms with Crippen LogP contribution in [0.4, 0.5) is 5.95 Å². The third-order valence-electron chi connectivity index (χ3n) is 4.63. The van der Waals surface area contributed by atoms with E-state index in [4.69, 9.17) is 4.74 Å². The van der Waals surface area contributed by atoms with E-state index in [2.05, 4.69) is 26.5 Å². The third-order valence-corrected chi connectivity index (χ3v) is 6.05. The molecule has 0 atom stereocenters. The van der Waals surface area contributed by atoms with E-state index in [1.54, 1.807) is 24.3 Å². The van der Waals surface area contributed by atoms with Gasteiger partial charge in [0, 0.05) is 18.8 Å². The smallest absolute Gasteiger partial charge is 0.240 e. The van der Waals surface area contributed by atoms with E-state index >= 15 is 0 Å². The largest absolute Gasteiger partial charge is 0.494 e. The lowest BCUT2D eigenvalue weighted by atomic mass is 10.3. The van der Waals surface area contributed by atoms with Crippen molar-refractivity contribution in [3.8, 4) is 5.75 Å². The average molecular weight is 405 g/mol. The molecule has 152 valence electrons. The molecule has 1 aromatic carbocycles. The number of sulfonamides is 1. The zero-order chi connectivity index (χ0) is 20.0. The first-order valence-electron chi connectivity index (χ1n) is 9.80. The molecule has 7 nitrogen and oxygen atoms in total. The van der Waals surface area contributed by atoms with Gasteiger partial charge in [-0.2, -0.15) is 0 Å². The molecule has 0 aliphatic carbocycles. The van der Waals surface area contributed by atoms with Gasteiger partial charge in [-0.15, -0.1) is 0 Å². The second kappa shape index (κ2) is 9.34. The maximum absolute atomic E-state index is 12.6. The Balaban J connectivity index is 1.64. The first-order chi connectivity index (χ1) is 13.5. The van der Waals surface area contributed by atoms with E-state index < -0.39 is 10.0 Å². The van der Waals surface area contributed by atoms with Crippen molar-refractivity contribution in [1.82, 2.24) is 14.7 Å². The summed E-state index contributed by atoms with van der Waals surface area (Å²) in [5, 5.41) is 0. The summed E-state index contributed by atoms with van der Waals surface area (Å²) >= 11 is 0. The predicted molar refractivity (Wildman–Crippen MR) is 109 cm³/mol. The topological polar surface area (TPSA) is 84.4 Å². The molecule has 0 spiro atoms. The summed E-state index contributed by atoms with van der Waals surface area (Å²) in [5.74, 6) is 1.36. The van der Waals surface area contributed by atoms with Crippen molar-refractivity contribution < 1.29 is 13.2 Å². The fraction of sp³-hybridized carbons (Fsp3) is 0.500. The van der Waals surface area contributed by atoms with E-state index in [-0.39, 0.29) is 11.4 Å². The molecular weight excluding hydrogens is 376 g/mol. The van der Waals surface area contributed by atoms with Gasteiger partial charge in [-0.25, -0.2) is 23.1 Å².